The first-order valence-electron chi connectivity index (χ1n) is 5.85. The van der Waals surface area contributed by atoms with E-state index in [1.807, 2.05) is 0 Å². The summed E-state index contributed by atoms with van der Waals surface area (Å²) >= 11 is 0. The largest absolute Gasteiger partial charge is 0.444 e. The highest BCUT2D eigenvalue weighted by Crippen LogP contribution is 2.22. The van der Waals surface area contributed by atoms with Gasteiger partial charge in [0.2, 0.25) is 0 Å². The van der Waals surface area contributed by atoms with Gasteiger partial charge in [0.1, 0.15) is 12.1 Å². The van der Waals surface area contributed by atoms with Crippen LogP contribution in [0.4, 0.5) is 18.0 Å². The molecule has 0 saturated carbocycles. The molecule has 0 radical (unpaired) electrons. The van der Waals surface area contributed by atoms with Crippen LogP contribution in [0.15, 0.2) is 0 Å². The number of alkyl halides is 3. The summed E-state index contributed by atoms with van der Waals surface area (Å²) in [5.41, 5.74) is -0.799. The quantitative estimate of drug-likeness (QED) is 0.834. The fourth-order valence-electron chi connectivity index (χ4n) is 1.76. The van der Waals surface area contributed by atoms with Crippen LogP contribution in [0.3, 0.4) is 0 Å². The highest BCUT2D eigenvalue weighted by molar-refractivity contribution is 5.68. The summed E-state index contributed by atoms with van der Waals surface area (Å²) < 4.78 is 42.5. The lowest BCUT2D eigenvalue weighted by Crippen LogP contribution is -2.48. The van der Waals surface area contributed by atoms with Gasteiger partial charge in [0, 0.05) is 12.6 Å². The molecule has 1 rings (SSSR count). The molecule has 0 aromatic heterocycles. The average Bonchev–Trinajstić information content (AvgIpc) is 2.61. The van der Waals surface area contributed by atoms with Crippen LogP contribution in [0.25, 0.3) is 0 Å². The second kappa shape index (κ2) is 5.34. The molecular weight excluding hydrogens is 249 g/mol. The van der Waals surface area contributed by atoms with Crippen LogP contribution >= 0.6 is 0 Å². The summed E-state index contributed by atoms with van der Waals surface area (Å²) in [4.78, 5) is 12.6. The van der Waals surface area contributed by atoms with Crippen LogP contribution in [0.1, 0.15) is 27.2 Å². The van der Waals surface area contributed by atoms with Crippen molar-refractivity contribution in [3.63, 3.8) is 0 Å². The van der Waals surface area contributed by atoms with Gasteiger partial charge in [-0.05, 0) is 33.7 Å². The molecule has 1 atom stereocenters. The van der Waals surface area contributed by atoms with E-state index in [9.17, 15) is 18.0 Å². The molecule has 18 heavy (non-hydrogen) atoms. The number of hydrogen-bond acceptors (Lipinski definition) is 3. The van der Waals surface area contributed by atoms with Crippen LogP contribution in [-0.4, -0.2) is 48.4 Å². The van der Waals surface area contributed by atoms with Crippen LogP contribution in [0.5, 0.6) is 0 Å². The van der Waals surface area contributed by atoms with Crippen molar-refractivity contribution in [1.82, 2.24) is 10.2 Å². The Hall–Kier alpha value is -0.980. The molecule has 0 aromatic carbocycles. The summed E-state index contributed by atoms with van der Waals surface area (Å²) in [6.45, 7) is 4.60. The third-order valence-electron chi connectivity index (χ3n) is 2.45. The van der Waals surface area contributed by atoms with Crippen molar-refractivity contribution in [3.8, 4) is 0 Å². The summed E-state index contributed by atoms with van der Waals surface area (Å²) in [5.74, 6) is 0. The molecule has 7 heteroatoms. The molecule has 1 aliphatic rings. The molecule has 1 heterocycles. The third kappa shape index (κ3) is 5.12. The number of hydrogen-bond donors (Lipinski definition) is 1. The average molecular weight is 268 g/mol. The Kier molecular flexibility index (Phi) is 4.47. The molecule has 0 aromatic rings. The van der Waals surface area contributed by atoms with Crippen molar-refractivity contribution >= 4 is 6.09 Å². The molecule has 1 amide bonds. The maximum Gasteiger partial charge on any atom is 0.410 e. The van der Waals surface area contributed by atoms with Crippen LogP contribution in [0.2, 0.25) is 0 Å². The third-order valence-corrected chi connectivity index (χ3v) is 2.45. The summed E-state index contributed by atoms with van der Waals surface area (Å²) in [6.07, 6.45) is -4.82. The first-order valence-corrected chi connectivity index (χ1v) is 5.85. The predicted molar refractivity (Wildman–Crippen MR) is 60.3 cm³/mol. The first kappa shape index (κ1) is 15.1. The number of halogens is 3. The van der Waals surface area contributed by atoms with Gasteiger partial charge in [-0.3, -0.25) is 4.90 Å². The van der Waals surface area contributed by atoms with Crippen molar-refractivity contribution in [2.24, 2.45) is 0 Å². The molecule has 1 saturated heterocycles. The van der Waals surface area contributed by atoms with E-state index in [0.717, 1.165) is 4.90 Å². The van der Waals surface area contributed by atoms with Gasteiger partial charge in [0.25, 0.3) is 0 Å². The SMILES string of the molecule is CC(C)(C)OC(=O)N(CC(F)(F)F)[C@@H]1CCNC1. The Labute approximate surface area is 104 Å². The molecule has 106 valence electrons. The Morgan fingerprint density at radius 1 is 1.39 bits per heavy atom. The van der Waals surface area contributed by atoms with E-state index in [-0.39, 0.29) is 0 Å². The number of rotatable bonds is 2. The molecule has 1 N–H and O–H groups in total. The van der Waals surface area contributed by atoms with Crippen LogP contribution in [-0.2, 0) is 4.74 Å². The molecule has 0 bridgehead atoms. The Bertz CT molecular complexity index is 294. The second-order valence-corrected chi connectivity index (χ2v) is 5.37. The zero-order valence-electron chi connectivity index (χ0n) is 10.8. The molecule has 4 nitrogen and oxygen atoms in total. The van der Waals surface area contributed by atoms with Gasteiger partial charge in [0.05, 0.1) is 0 Å². The normalized spacial score (nSPS) is 20.9. The molecule has 1 fully saturated rings. The maximum absolute atomic E-state index is 12.5. The van der Waals surface area contributed by atoms with E-state index in [0.29, 0.717) is 19.5 Å². The van der Waals surface area contributed by atoms with Crippen molar-refractivity contribution < 1.29 is 22.7 Å². The molecule has 0 spiro atoms. The standard InChI is InChI=1S/C11H19F3N2O2/c1-10(2,3)18-9(17)16(7-11(12,13)14)8-4-5-15-6-8/h8,15H,4-7H2,1-3H3/t8-/m1/s1. The number of carbonyl (C=O) groups excluding carboxylic acids is 1. The van der Waals surface area contributed by atoms with Crippen molar-refractivity contribution in [3.05, 3.63) is 0 Å². The van der Waals surface area contributed by atoms with E-state index in [1.165, 1.54) is 0 Å². The first-order chi connectivity index (χ1) is 8.08. The smallest absolute Gasteiger partial charge is 0.410 e. The van der Waals surface area contributed by atoms with Crippen molar-refractivity contribution in [2.45, 2.75) is 45.0 Å². The van der Waals surface area contributed by atoms with Gasteiger partial charge in [-0.25, -0.2) is 4.79 Å². The number of nitrogens with zero attached hydrogens (tertiary/aromatic N) is 1. The van der Waals surface area contributed by atoms with E-state index in [2.05, 4.69) is 5.32 Å². The van der Waals surface area contributed by atoms with Gasteiger partial charge >= 0.3 is 12.3 Å². The number of ether oxygens (including phenoxy) is 1. The topological polar surface area (TPSA) is 41.6 Å². The van der Waals surface area contributed by atoms with Gasteiger partial charge < -0.3 is 10.1 Å². The summed E-state index contributed by atoms with van der Waals surface area (Å²) in [6, 6.07) is -0.457. The predicted octanol–water partition coefficient (Wildman–Crippen LogP) is 2.15. The number of amides is 1. The van der Waals surface area contributed by atoms with Gasteiger partial charge in [-0.15, -0.1) is 0 Å². The minimum atomic E-state index is -4.42. The highest BCUT2D eigenvalue weighted by atomic mass is 19.4. The fourth-order valence-corrected chi connectivity index (χ4v) is 1.76. The fraction of sp³-hybridized carbons (Fsp3) is 0.909. The Morgan fingerprint density at radius 2 is 2.00 bits per heavy atom. The van der Waals surface area contributed by atoms with Gasteiger partial charge in [-0.2, -0.15) is 13.2 Å². The van der Waals surface area contributed by atoms with E-state index < -0.39 is 30.5 Å². The molecular formula is C11H19F3N2O2. The minimum absolute atomic E-state index is 0.370. The van der Waals surface area contributed by atoms with E-state index in [1.54, 1.807) is 20.8 Å². The monoisotopic (exact) mass is 268 g/mol. The Balaban J connectivity index is 2.73. The van der Waals surface area contributed by atoms with Crippen LogP contribution in [0, 0.1) is 0 Å². The highest BCUT2D eigenvalue weighted by Gasteiger charge is 2.39. The summed E-state index contributed by atoms with van der Waals surface area (Å²) in [5, 5.41) is 2.94. The molecule has 1 aliphatic heterocycles. The lowest BCUT2D eigenvalue weighted by molar-refractivity contribution is -0.148. The lowest BCUT2D eigenvalue weighted by Gasteiger charge is -2.31. The van der Waals surface area contributed by atoms with Crippen LogP contribution < -0.4 is 5.32 Å². The number of carbonyl (C=O) groups is 1. The molecule has 0 unspecified atom stereocenters. The molecule has 0 aliphatic carbocycles. The van der Waals surface area contributed by atoms with Gasteiger partial charge in [0.15, 0.2) is 0 Å². The summed E-state index contributed by atoms with van der Waals surface area (Å²) in [7, 11) is 0. The second-order valence-electron chi connectivity index (χ2n) is 5.37. The maximum atomic E-state index is 12.5. The lowest BCUT2D eigenvalue weighted by atomic mass is 10.2. The zero-order valence-corrected chi connectivity index (χ0v) is 10.8. The Morgan fingerprint density at radius 3 is 2.39 bits per heavy atom. The van der Waals surface area contributed by atoms with Crippen molar-refractivity contribution in [2.75, 3.05) is 19.6 Å². The minimum Gasteiger partial charge on any atom is -0.444 e. The van der Waals surface area contributed by atoms with Gasteiger partial charge in [-0.1, -0.05) is 0 Å². The number of nitrogens with one attached hydrogen (secondary N) is 1. The van der Waals surface area contributed by atoms with E-state index in [4.69, 9.17) is 4.74 Å². The van der Waals surface area contributed by atoms with E-state index >= 15 is 0 Å². The zero-order chi connectivity index (χ0) is 14.0. The van der Waals surface area contributed by atoms with Crippen molar-refractivity contribution in [1.29, 1.82) is 0 Å².